The molecule has 3 rings (SSSR count). The van der Waals surface area contributed by atoms with Crippen LogP contribution in [0.2, 0.25) is 0 Å². The van der Waals surface area contributed by atoms with E-state index in [1.54, 1.807) is 23.1 Å². The first-order chi connectivity index (χ1) is 8.72. The van der Waals surface area contributed by atoms with Crippen molar-refractivity contribution in [3.63, 3.8) is 0 Å². The quantitative estimate of drug-likeness (QED) is 0.578. The topological polar surface area (TPSA) is 43.3 Å². The fourth-order valence-electron chi connectivity index (χ4n) is 1.63. The molecular formula is C12H10BrN3S2. The van der Waals surface area contributed by atoms with Gasteiger partial charge in [0.25, 0.3) is 0 Å². The third-order valence-electron chi connectivity index (χ3n) is 2.47. The summed E-state index contributed by atoms with van der Waals surface area (Å²) in [6.45, 7) is 0. The molecule has 3 nitrogen and oxygen atoms in total. The van der Waals surface area contributed by atoms with Crippen LogP contribution in [0.3, 0.4) is 0 Å². The smallest absolute Gasteiger partial charge is 0.193 e. The molecule has 6 heteroatoms. The van der Waals surface area contributed by atoms with E-state index in [1.165, 1.54) is 4.90 Å². The number of halogens is 1. The van der Waals surface area contributed by atoms with Crippen LogP contribution in [0.4, 0.5) is 5.69 Å². The van der Waals surface area contributed by atoms with Gasteiger partial charge in [-0.1, -0.05) is 0 Å². The van der Waals surface area contributed by atoms with E-state index in [-0.39, 0.29) is 0 Å². The average Bonchev–Trinajstić information content (AvgIpc) is 2.88. The van der Waals surface area contributed by atoms with Crippen LogP contribution < -0.4 is 5.73 Å². The Kier molecular flexibility index (Phi) is 3.32. The Labute approximate surface area is 121 Å². The van der Waals surface area contributed by atoms with Gasteiger partial charge in [0.05, 0.1) is 5.69 Å². The van der Waals surface area contributed by atoms with Crippen molar-refractivity contribution in [1.29, 1.82) is 0 Å². The van der Waals surface area contributed by atoms with Gasteiger partial charge in [-0.25, -0.2) is 4.98 Å². The van der Waals surface area contributed by atoms with Crippen LogP contribution in [-0.4, -0.2) is 9.38 Å². The van der Waals surface area contributed by atoms with Crippen LogP contribution >= 0.6 is 39.0 Å². The van der Waals surface area contributed by atoms with Crippen molar-refractivity contribution < 1.29 is 0 Å². The number of thioether (sulfide) groups is 1. The van der Waals surface area contributed by atoms with Crippen LogP contribution in [0.1, 0.15) is 5.69 Å². The summed E-state index contributed by atoms with van der Waals surface area (Å²) in [5, 5.41) is 2.04. The summed E-state index contributed by atoms with van der Waals surface area (Å²) in [5.74, 6) is 0.858. The van der Waals surface area contributed by atoms with Crippen LogP contribution in [0, 0.1) is 0 Å². The van der Waals surface area contributed by atoms with E-state index in [0.717, 1.165) is 26.6 Å². The predicted molar refractivity (Wildman–Crippen MR) is 81.2 cm³/mol. The number of rotatable bonds is 3. The zero-order valence-electron chi connectivity index (χ0n) is 9.34. The second-order valence-corrected chi connectivity index (χ2v) is 6.55. The summed E-state index contributed by atoms with van der Waals surface area (Å²) in [4.78, 5) is 6.78. The monoisotopic (exact) mass is 339 g/mol. The van der Waals surface area contributed by atoms with Crippen molar-refractivity contribution in [2.24, 2.45) is 0 Å². The van der Waals surface area contributed by atoms with Crippen molar-refractivity contribution in [3.8, 4) is 0 Å². The first-order valence-electron chi connectivity index (χ1n) is 5.31. The molecule has 3 aromatic rings. The Balaban J connectivity index is 1.76. The molecule has 0 fully saturated rings. The molecule has 2 heterocycles. The number of hydrogen-bond donors (Lipinski definition) is 1. The number of fused-ring (bicyclic) bond motifs is 1. The number of anilines is 1. The van der Waals surface area contributed by atoms with E-state index in [9.17, 15) is 0 Å². The number of nitrogen functional groups attached to an aromatic ring is 1. The minimum absolute atomic E-state index is 0.772. The average molecular weight is 340 g/mol. The lowest BCUT2D eigenvalue weighted by atomic mass is 10.3. The number of aromatic nitrogens is 2. The molecule has 0 unspecified atom stereocenters. The van der Waals surface area contributed by atoms with Gasteiger partial charge in [0.2, 0.25) is 0 Å². The van der Waals surface area contributed by atoms with Gasteiger partial charge in [-0.2, -0.15) is 0 Å². The van der Waals surface area contributed by atoms with Gasteiger partial charge >= 0.3 is 0 Å². The highest BCUT2D eigenvalue weighted by atomic mass is 79.9. The Bertz CT molecular complexity index is 661. The minimum atomic E-state index is 0.772. The molecule has 1 aromatic carbocycles. The van der Waals surface area contributed by atoms with E-state index >= 15 is 0 Å². The van der Waals surface area contributed by atoms with Gasteiger partial charge in [-0.15, -0.1) is 23.1 Å². The lowest BCUT2D eigenvalue weighted by Gasteiger charge is -2.03. The number of benzene rings is 1. The maximum atomic E-state index is 5.72. The lowest BCUT2D eigenvalue weighted by molar-refractivity contribution is 1.21. The Morgan fingerprint density at radius 2 is 2.33 bits per heavy atom. The fourth-order valence-corrected chi connectivity index (χ4v) is 3.89. The first-order valence-corrected chi connectivity index (χ1v) is 7.97. The third kappa shape index (κ3) is 2.41. The summed E-state index contributed by atoms with van der Waals surface area (Å²) in [7, 11) is 0. The van der Waals surface area contributed by atoms with Crippen molar-refractivity contribution >= 4 is 49.7 Å². The molecule has 0 bridgehead atoms. The Hall–Kier alpha value is -0.980. The van der Waals surface area contributed by atoms with Gasteiger partial charge < -0.3 is 5.73 Å². The normalized spacial score (nSPS) is 11.2. The molecule has 18 heavy (non-hydrogen) atoms. The molecule has 0 radical (unpaired) electrons. The Morgan fingerprint density at radius 1 is 1.44 bits per heavy atom. The van der Waals surface area contributed by atoms with Crippen LogP contribution in [0.15, 0.2) is 45.3 Å². The highest BCUT2D eigenvalue weighted by Gasteiger charge is 2.05. The number of hydrogen-bond acceptors (Lipinski definition) is 4. The largest absolute Gasteiger partial charge is 0.399 e. The third-order valence-corrected chi connectivity index (χ3v) is 5.27. The molecule has 0 aliphatic heterocycles. The van der Waals surface area contributed by atoms with Crippen molar-refractivity contribution in [1.82, 2.24) is 9.38 Å². The van der Waals surface area contributed by atoms with Gasteiger partial charge in [-0.05, 0) is 34.1 Å². The van der Waals surface area contributed by atoms with Gasteiger partial charge in [0, 0.05) is 38.6 Å². The SMILES string of the molecule is Nc1ccc(SCc2cn3ccsc3n2)c(Br)c1. The van der Waals surface area contributed by atoms with Crippen molar-refractivity contribution in [3.05, 3.63) is 46.1 Å². The molecule has 2 N–H and O–H groups in total. The van der Waals surface area contributed by atoms with E-state index in [1.807, 2.05) is 29.8 Å². The van der Waals surface area contributed by atoms with E-state index in [4.69, 9.17) is 5.73 Å². The molecule has 2 aromatic heterocycles. The van der Waals surface area contributed by atoms with E-state index in [2.05, 4.69) is 31.5 Å². The highest BCUT2D eigenvalue weighted by Crippen LogP contribution is 2.31. The zero-order valence-corrected chi connectivity index (χ0v) is 12.6. The molecule has 0 atom stereocenters. The van der Waals surface area contributed by atoms with Gasteiger partial charge in [-0.3, -0.25) is 4.40 Å². The number of nitrogens with zero attached hydrogens (tertiary/aromatic N) is 2. The van der Waals surface area contributed by atoms with Crippen LogP contribution in [0.25, 0.3) is 4.96 Å². The fraction of sp³-hybridized carbons (Fsp3) is 0.0833. The number of imidazole rings is 1. The molecule has 0 spiro atoms. The minimum Gasteiger partial charge on any atom is -0.399 e. The van der Waals surface area contributed by atoms with Crippen LogP contribution in [-0.2, 0) is 5.75 Å². The predicted octanol–water partition coefficient (Wildman–Crippen LogP) is 4.03. The second kappa shape index (κ2) is 4.95. The summed E-state index contributed by atoms with van der Waals surface area (Å²) in [5.41, 5.74) is 7.58. The van der Waals surface area contributed by atoms with Gasteiger partial charge in [0.1, 0.15) is 0 Å². The lowest BCUT2D eigenvalue weighted by Crippen LogP contribution is -1.86. The molecule has 0 aliphatic rings. The van der Waals surface area contributed by atoms with E-state index < -0.39 is 0 Å². The molecule has 0 aliphatic carbocycles. The van der Waals surface area contributed by atoms with Crippen molar-refractivity contribution in [2.45, 2.75) is 10.6 Å². The molecule has 92 valence electrons. The molecule has 0 saturated heterocycles. The first kappa shape index (κ1) is 12.1. The summed E-state index contributed by atoms with van der Waals surface area (Å²) >= 11 is 6.93. The van der Waals surface area contributed by atoms with Crippen LogP contribution in [0.5, 0.6) is 0 Å². The van der Waals surface area contributed by atoms with Gasteiger partial charge in [0.15, 0.2) is 4.96 Å². The number of thiazole rings is 1. The molecular weight excluding hydrogens is 330 g/mol. The zero-order chi connectivity index (χ0) is 12.5. The maximum Gasteiger partial charge on any atom is 0.193 e. The summed E-state index contributed by atoms with van der Waals surface area (Å²) in [6.07, 6.45) is 4.10. The summed E-state index contributed by atoms with van der Waals surface area (Å²) < 4.78 is 3.09. The highest BCUT2D eigenvalue weighted by molar-refractivity contribution is 9.10. The van der Waals surface area contributed by atoms with Crippen molar-refractivity contribution in [2.75, 3.05) is 5.73 Å². The maximum absolute atomic E-state index is 5.72. The molecule has 0 amide bonds. The second-order valence-electron chi connectivity index (χ2n) is 3.80. The Morgan fingerprint density at radius 3 is 3.11 bits per heavy atom. The summed E-state index contributed by atoms with van der Waals surface area (Å²) in [6, 6.07) is 5.87. The standard InChI is InChI=1S/C12H10BrN3S2/c13-10-5-8(14)1-2-11(10)18-7-9-6-16-3-4-17-12(16)15-9/h1-6H,7,14H2. The number of nitrogens with two attached hydrogens (primary N) is 1. The van der Waals surface area contributed by atoms with E-state index in [0.29, 0.717) is 0 Å². The molecule has 0 saturated carbocycles.